The van der Waals surface area contributed by atoms with Crippen LogP contribution >= 0.6 is 0 Å². The average molecular weight is 254 g/mol. The number of methoxy groups -OCH3 is 2. The molecule has 0 bridgehead atoms. The second-order valence-electron chi connectivity index (χ2n) is 3.87. The van der Waals surface area contributed by atoms with Crippen molar-refractivity contribution in [3.63, 3.8) is 0 Å². The Morgan fingerprint density at radius 1 is 0.895 bits per heavy atom. The Morgan fingerprint density at radius 3 is 2.11 bits per heavy atom. The Labute approximate surface area is 112 Å². The molecule has 0 aliphatic rings. The third-order valence-electron chi connectivity index (χ3n) is 2.60. The molecule has 0 aromatic heterocycles. The fraction of sp³-hybridized carbons (Fsp3) is 0.125. The van der Waals surface area contributed by atoms with Gasteiger partial charge in [0.2, 0.25) is 0 Å². The Morgan fingerprint density at radius 2 is 1.53 bits per heavy atom. The minimum absolute atomic E-state index is 0.171. The number of hydrogen-bond acceptors (Lipinski definition) is 3. The van der Waals surface area contributed by atoms with Crippen LogP contribution in [0.5, 0.6) is 17.2 Å². The monoisotopic (exact) mass is 254 g/mol. The quantitative estimate of drug-likeness (QED) is 0.837. The van der Waals surface area contributed by atoms with E-state index < -0.39 is 0 Å². The zero-order chi connectivity index (χ0) is 13.7. The lowest BCUT2D eigenvalue weighted by Crippen LogP contribution is -1.88. The van der Waals surface area contributed by atoms with E-state index >= 15 is 0 Å². The second-order valence-corrected chi connectivity index (χ2v) is 3.87. The molecule has 0 radical (unpaired) electrons. The van der Waals surface area contributed by atoms with E-state index in [1.165, 1.54) is 0 Å². The molecule has 0 atom stereocenters. The Bertz CT molecular complexity index is 614. The first kappa shape index (κ1) is 12.8. The lowest BCUT2D eigenvalue weighted by molar-refractivity contribution is 0.394. The third kappa shape index (κ3) is 3.20. The van der Waals surface area contributed by atoms with Crippen molar-refractivity contribution in [3.05, 3.63) is 53.6 Å². The molecule has 0 saturated carbocycles. The Hall–Kier alpha value is -2.60. The van der Waals surface area contributed by atoms with E-state index in [0.29, 0.717) is 17.1 Å². The van der Waals surface area contributed by atoms with Gasteiger partial charge in [-0.2, -0.15) is 0 Å². The summed E-state index contributed by atoms with van der Waals surface area (Å²) in [5, 5.41) is 9.64. The van der Waals surface area contributed by atoms with Crippen molar-refractivity contribution in [1.29, 1.82) is 0 Å². The first-order chi connectivity index (χ1) is 9.22. The molecule has 0 fully saturated rings. The molecular formula is C16H14O3. The molecule has 0 heterocycles. The fourth-order valence-electron chi connectivity index (χ4n) is 1.60. The molecule has 0 unspecified atom stereocenters. The summed E-state index contributed by atoms with van der Waals surface area (Å²) in [6, 6.07) is 12.4. The molecule has 0 spiro atoms. The van der Waals surface area contributed by atoms with Crippen LogP contribution in [-0.2, 0) is 0 Å². The summed E-state index contributed by atoms with van der Waals surface area (Å²) in [5.74, 6) is 7.44. The van der Waals surface area contributed by atoms with Gasteiger partial charge in [-0.25, -0.2) is 0 Å². The predicted octanol–water partition coefficient (Wildman–Crippen LogP) is 2.81. The van der Waals surface area contributed by atoms with Crippen molar-refractivity contribution in [3.8, 4) is 29.1 Å². The maximum absolute atomic E-state index is 9.64. The van der Waals surface area contributed by atoms with Gasteiger partial charge in [0.25, 0.3) is 0 Å². The third-order valence-corrected chi connectivity index (χ3v) is 2.60. The number of hydrogen-bond donors (Lipinski definition) is 1. The van der Waals surface area contributed by atoms with E-state index in [2.05, 4.69) is 11.8 Å². The summed E-state index contributed by atoms with van der Waals surface area (Å²) in [6.07, 6.45) is 0. The first-order valence-corrected chi connectivity index (χ1v) is 5.76. The molecule has 19 heavy (non-hydrogen) atoms. The highest BCUT2D eigenvalue weighted by atomic mass is 16.5. The fourth-order valence-corrected chi connectivity index (χ4v) is 1.60. The summed E-state index contributed by atoms with van der Waals surface area (Å²) in [6.45, 7) is 0. The van der Waals surface area contributed by atoms with Gasteiger partial charge in [-0.1, -0.05) is 24.0 Å². The number of aromatic hydroxyl groups is 1. The summed E-state index contributed by atoms with van der Waals surface area (Å²) in [5.41, 5.74) is 1.35. The maximum atomic E-state index is 9.64. The predicted molar refractivity (Wildman–Crippen MR) is 73.6 cm³/mol. The Kier molecular flexibility index (Phi) is 3.94. The molecule has 2 aromatic rings. The number of phenolic OH excluding ortho intramolecular Hbond substituents is 1. The van der Waals surface area contributed by atoms with Gasteiger partial charge < -0.3 is 14.6 Å². The molecule has 0 aliphatic carbocycles. The smallest absolute Gasteiger partial charge is 0.131 e. The van der Waals surface area contributed by atoms with Gasteiger partial charge in [0.05, 0.1) is 19.8 Å². The molecule has 3 heteroatoms. The zero-order valence-electron chi connectivity index (χ0n) is 10.8. The largest absolute Gasteiger partial charge is 0.507 e. The van der Waals surface area contributed by atoms with Crippen LogP contribution in [0.25, 0.3) is 0 Å². The standard InChI is InChI=1S/C16H14O3/c1-18-14-9-12(10-15(11-14)19-2)7-8-13-5-3-4-6-16(13)17/h3-6,9-11,17H,1-2H3. The maximum Gasteiger partial charge on any atom is 0.131 e. The molecular weight excluding hydrogens is 240 g/mol. The van der Waals surface area contributed by atoms with Crippen molar-refractivity contribution in [2.24, 2.45) is 0 Å². The van der Waals surface area contributed by atoms with Crippen molar-refractivity contribution < 1.29 is 14.6 Å². The molecule has 2 rings (SSSR count). The molecule has 96 valence electrons. The number of benzene rings is 2. The minimum atomic E-state index is 0.171. The lowest BCUT2D eigenvalue weighted by Gasteiger charge is -2.04. The van der Waals surface area contributed by atoms with Crippen LogP contribution < -0.4 is 9.47 Å². The summed E-state index contributed by atoms with van der Waals surface area (Å²) < 4.78 is 10.4. The van der Waals surface area contributed by atoms with E-state index in [9.17, 15) is 5.11 Å². The van der Waals surface area contributed by atoms with Gasteiger partial charge in [-0.15, -0.1) is 0 Å². The molecule has 3 nitrogen and oxygen atoms in total. The van der Waals surface area contributed by atoms with Crippen LogP contribution in [0, 0.1) is 11.8 Å². The van der Waals surface area contributed by atoms with Gasteiger partial charge in [0.15, 0.2) is 0 Å². The number of rotatable bonds is 2. The molecule has 0 aliphatic heterocycles. The second kappa shape index (κ2) is 5.83. The van der Waals surface area contributed by atoms with E-state index in [-0.39, 0.29) is 5.75 Å². The number of para-hydroxylation sites is 1. The van der Waals surface area contributed by atoms with Crippen LogP contribution in [0.2, 0.25) is 0 Å². The molecule has 0 amide bonds. The Balaban J connectivity index is 2.36. The van der Waals surface area contributed by atoms with E-state index in [4.69, 9.17) is 9.47 Å². The van der Waals surface area contributed by atoms with Crippen LogP contribution in [-0.4, -0.2) is 19.3 Å². The van der Waals surface area contributed by atoms with Crippen molar-refractivity contribution in [1.82, 2.24) is 0 Å². The highest BCUT2D eigenvalue weighted by Gasteiger charge is 2.00. The zero-order valence-corrected chi connectivity index (χ0v) is 10.8. The van der Waals surface area contributed by atoms with Crippen LogP contribution in [0.15, 0.2) is 42.5 Å². The SMILES string of the molecule is COc1cc(C#Cc2ccccc2O)cc(OC)c1. The van der Waals surface area contributed by atoms with Gasteiger partial charge in [-0.3, -0.25) is 0 Å². The highest BCUT2D eigenvalue weighted by molar-refractivity contribution is 5.52. The van der Waals surface area contributed by atoms with Gasteiger partial charge in [0, 0.05) is 11.6 Å². The molecule has 0 saturated heterocycles. The van der Waals surface area contributed by atoms with Gasteiger partial charge >= 0.3 is 0 Å². The highest BCUT2D eigenvalue weighted by Crippen LogP contribution is 2.22. The van der Waals surface area contributed by atoms with Crippen LogP contribution in [0.3, 0.4) is 0 Å². The van der Waals surface area contributed by atoms with E-state index in [1.807, 2.05) is 18.2 Å². The topological polar surface area (TPSA) is 38.7 Å². The minimum Gasteiger partial charge on any atom is -0.507 e. The summed E-state index contributed by atoms with van der Waals surface area (Å²) in [4.78, 5) is 0. The van der Waals surface area contributed by atoms with Crippen LogP contribution in [0.4, 0.5) is 0 Å². The van der Waals surface area contributed by atoms with E-state index in [1.54, 1.807) is 38.5 Å². The normalized spacial score (nSPS) is 9.37. The van der Waals surface area contributed by atoms with Crippen LogP contribution in [0.1, 0.15) is 11.1 Å². The molecule has 1 N–H and O–H groups in total. The summed E-state index contributed by atoms with van der Waals surface area (Å²) >= 11 is 0. The lowest BCUT2D eigenvalue weighted by atomic mass is 10.1. The first-order valence-electron chi connectivity index (χ1n) is 5.76. The number of ether oxygens (including phenoxy) is 2. The van der Waals surface area contributed by atoms with E-state index in [0.717, 1.165) is 5.56 Å². The summed E-state index contributed by atoms with van der Waals surface area (Å²) in [7, 11) is 3.18. The van der Waals surface area contributed by atoms with Crippen molar-refractivity contribution in [2.45, 2.75) is 0 Å². The van der Waals surface area contributed by atoms with Gasteiger partial charge in [-0.05, 0) is 24.3 Å². The number of phenols is 1. The van der Waals surface area contributed by atoms with Crippen molar-refractivity contribution in [2.75, 3.05) is 14.2 Å². The van der Waals surface area contributed by atoms with Gasteiger partial charge in [0.1, 0.15) is 17.2 Å². The average Bonchev–Trinajstić information content (AvgIpc) is 2.46. The van der Waals surface area contributed by atoms with Crippen molar-refractivity contribution >= 4 is 0 Å². The molecule has 2 aromatic carbocycles.